The zero-order valence-electron chi connectivity index (χ0n) is 13.3. The van der Waals surface area contributed by atoms with Crippen LogP contribution >= 0.6 is 0 Å². The Kier molecular flexibility index (Phi) is 6.43. The van der Waals surface area contributed by atoms with Gasteiger partial charge in [0.1, 0.15) is 0 Å². The molecule has 7 heteroatoms. The van der Waals surface area contributed by atoms with E-state index in [4.69, 9.17) is 0 Å². The highest BCUT2D eigenvalue weighted by Gasteiger charge is 2.33. The highest BCUT2D eigenvalue weighted by molar-refractivity contribution is 7.87. The van der Waals surface area contributed by atoms with Gasteiger partial charge in [0.15, 0.2) is 0 Å². The van der Waals surface area contributed by atoms with Crippen LogP contribution in [-0.2, 0) is 10.2 Å². The molecule has 2 rings (SSSR count). The second kappa shape index (κ2) is 7.87. The molecule has 2 N–H and O–H groups in total. The predicted molar refractivity (Wildman–Crippen MR) is 85.5 cm³/mol. The van der Waals surface area contributed by atoms with Gasteiger partial charge < -0.3 is 10.2 Å². The summed E-state index contributed by atoms with van der Waals surface area (Å²) in [7, 11) is 0.664. The molecule has 1 atom stereocenters. The van der Waals surface area contributed by atoms with Crippen molar-refractivity contribution in [1.82, 2.24) is 19.2 Å². The SMILES string of the molecule is CN(C)CCCNS(=O)(=O)N1CCCCC1CNC1CC1. The summed E-state index contributed by atoms with van der Waals surface area (Å²) in [6.45, 7) is 2.86. The lowest BCUT2D eigenvalue weighted by Crippen LogP contribution is -2.52. The van der Waals surface area contributed by atoms with E-state index in [0.717, 1.165) is 38.8 Å². The van der Waals surface area contributed by atoms with Gasteiger partial charge in [-0.25, -0.2) is 4.72 Å². The van der Waals surface area contributed by atoms with Crippen molar-refractivity contribution >= 4 is 10.2 Å². The van der Waals surface area contributed by atoms with Gasteiger partial charge in [-0.1, -0.05) is 6.42 Å². The first-order valence-corrected chi connectivity index (χ1v) is 9.57. The van der Waals surface area contributed by atoms with Gasteiger partial charge in [0, 0.05) is 31.7 Å². The Morgan fingerprint density at radius 2 is 1.95 bits per heavy atom. The number of hydrogen-bond donors (Lipinski definition) is 2. The molecule has 0 aromatic rings. The number of piperidine rings is 1. The van der Waals surface area contributed by atoms with Gasteiger partial charge in [0.2, 0.25) is 0 Å². The summed E-state index contributed by atoms with van der Waals surface area (Å²) < 4.78 is 29.4. The van der Waals surface area contributed by atoms with E-state index in [2.05, 4.69) is 14.9 Å². The van der Waals surface area contributed by atoms with E-state index in [-0.39, 0.29) is 6.04 Å². The Balaban J connectivity index is 1.81. The molecule has 2 aliphatic rings. The van der Waals surface area contributed by atoms with Gasteiger partial charge in [-0.3, -0.25) is 0 Å². The lowest BCUT2D eigenvalue weighted by Gasteiger charge is -2.34. The molecule has 21 heavy (non-hydrogen) atoms. The third-order valence-corrected chi connectivity index (χ3v) is 5.84. The maximum atomic E-state index is 12.5. The summed E-state index contributed by atoms with van der Waals surface area (Å²) in [5.74, 6) is 0. The van der Waals surface area contributed by atoms with E-state index in [1.165, 1.54) is 12.8 Å². The van der Waals surface area contributed by atoms with Crippen molar-refractivity contribution in [3.63, 3.8) is 0 Å². The summed E-state index contributed by atoms with van der Waals surface area (Å²) in [6.07, 6.45) is 6.39. The normalized spacial score (nSPS) is 24.6. The molecule has 1 aliphatic carbocycles. The molecule has 1 heterocycles. The van der Waals surface area contributed by atoms with E-state index in [9.17, 15) is 8.42 Å². The van der Waals surface area contributed by atoms with Gasteiger partial charge in [0.05, 0.1) is 0 Å². The molecule has 0 bridgehead atoms. The number of nitrogens with one attached hydrogen (secondary N) is 2. The highest BCUT2D eigenvalue weighted by atomic mass is 32.2. The lowest BCUT2D eigenvalue weighted by atomic mass is 10.1. The maximum absolute atomic E-state index is 12.5. The van der Waals surface area contributed by atoms with Gasteiger partial charge in [0.25, 0.3) is 10.2 Å². The van der Waals surface area contributed by atoms with Crippen molar-refractivity contribution in [3.8, 4) is 0 Å². The van der Waals surface area contributed by atoms with Crippen molar-refractivity contribution in [2.45, 2.75) is 50.6 Å². The van der Waals surface area contributed by atoms with Crippen molar-refractivity contribution < 1.29 is 8.42 Å². The van der Waals surface area contributed by atoms with E-state index in [0.29, 0.717) is 19.1 Å². The van der Waals surface area contributed by atoms with E-state index in [1.54, 1.807) is 4.31 Å². The predicted octanol–water partition coefficient (Wildman–Crippen LogP) is 0.379. The van der Waals surface area contributed by atoms with Crippen LogP contribution < -0.4 is 10.0 Å². The largest absolute Gasteiger partial charge is 0.312 e. The molecule has 0 spiro atoms. The van der Waals surface area contributed by atoms with Gasteiger partial charge in [-0.15, -0.1) is 0 Å². The minimum Gasteiger partial charge on any atom is -0.312 e. The monoisotopic (exact) mass is 318 g/mol. The summed E-state index contributed by atoms with van der Waals surface area (Å²) >= 11 is 0. The van der Waals surface area contributed by atoms with Crippen molar-refractivity contribution in [3.05, 3.63) is 0 Å². The molecule has 0 aromatic carbocycles. The van der Waals surface area contributed by atoms with E-state index >= 15 is 0 Å². The van der Waals surface area contributed by atoms with Gasteiger partial charge >= 0.3 is 0 Å². The number of nitrogens with zero attached hydrogens (tertiary/aromatic N) is 2. The molecule has 1 saturated heterocycles. The molecular weight excluding hydrogens is 288 g/mol. The summed E-state index contributed by atoms with van der Waals surface area (Å²) in [5.41, 5.74) is 0. The van der Waals surface area contributed by atoms with Crippen LogP contribution in [0.2, 0.25) is 0 Å². The minimum absolute atomic E-state index is 0.116. The Hall–Kier alpha value is -0.210. The van der Waals surface area contributed by atoms with E-state index < -0.39 is 10.2 Å². The highest BCUT2D eigenvalue weighted by Crippen LogP contribution is 2.22. The summed E-state index contributed by atoms with van der Waals surface area (Å²) in [6, 6.07) is 0.746. The second-order valence-electron chi connectivity index (χ2n) is 6.50. The Bertz CT molecular complexity index is 409. The minimum atomic E-state index is -3.33. The van der Waals surface area contributed by atoms with Crippen molar-refractivity contribution in [2.24, 2.45) is 0 Å². The average molecular weight is 318 g/mol. The first kappa shape index (κ1) is 17.1. The molecular formula is C14H30N4O2S. The molecule has 1 aliphatic heterocycles. The molecule has 6 nitrogen and oxygen atoms in total. The molecule has 0 radical (unpaired) electrons. The Labute approximate surface area is 129 Å². The van der Waals surface area contributed by atoms with Crippen LogP contribution in [0.3, 0.4) is 0 Å². The van der Waals surface area contributed by atoms with Crippen LogP contribution in [0.4, 0.5) is 0 Å². The number of rotatable bonds is 9. The fourth-order valence-electron chi connectivity index (χ4n) is 2.76. The van der Waals surface area contributed by atoms with Crippen molar-refractivity contribution in [1.29, 1.82) is 0 Å². The molecule has 0 aromatic heterocycles. The average Bonchev–Trinajstić information content (AvgIpc) is 3.26. The Morgan fingerprint density at radius 3 is 2.62 bits per heavy atom. The van der Waals surface area contributed by atoms with Crippen LogP contribution in [0.15, 0.2) is 0 Å². The maximum Gasteiger partial charge on any atom is 0.279 e. The van der Waals surface area contributed by atoms with Crippen LogP contribution in [0.25, 0.3) is 0 Å². The van der Waals surface area contributed by atoms with Gasteiger partial charge in [-0.2, -0.15) is 12.7 Å². The van der Waals surface area contributed by atoms with Crippen LogP contribution in [0.5, 0.6) is 0 Å². The zero-order chi connectivity index (χ0) is 15.3. The molecule has 2 fully saturated rings. The third kappa shape index (κ3) is 5.83. The first-order valence-electron chi connectivity index (χ1n) is 8.13. The van der Waals surface area contributed by atoms with Crippen LogP contribution in [0.1, 0.15) is 38.5 Å². The molecule has 0 amide bonds. The summed E-state index contributed by atoms with van der Waals surface area (Å²) in [4.78, 5) is 2.07. The lowest BCUT2D eigenvalue weighted by molar-refractivity contribution is 0.242. The topological polar surface area (TPSA) is 64.7 Å². The summed E-state index contributed by atoms with van der Waals surface area (Å²) in [5, 5.41) is 3.47. The zero-order valence-corrected chi connectivity index (χ0v) is 14.2. The third-order valence-electron chi connectivity index (χ3n) is 4.17. The fourth-order valence-corrected chi connectivity index (χ4v) is 4.27. The first-order chi connectivity index (χ1) is 9.99. The quantitative estimate of drug-likeness (QED) is 0.603. The van der Waals surface area contributed by atoms with Crippen molar-refractivity contribution in [2.75, 3.05) is 40.3 Å². The second-order valence-corrected chi connectivity index (χ2v) is 8.21. The fraction of sp³-hybridized carbons (Fsp3) is 1.00. The van der Waals surface area contributed by atoms with Gasteiger partial charge in [-0.05, 0) is 52.7 Å². The van der Waals surface area contributed by atoms with Crippen LogP contribution in [0, 0.1) is 0 Å². The smallest absolute Gasteiger partial charge is 0.279 e. The van der Waals surface area contributed by atoms with Crippen LogP contribution in [-0.4, -0.2) is 70.0 Å². The molecule has 1 saturated carbocycles. The molecule has 1 unspecified atom stereocenters. The number of hydrogen-bond acceptors (Lipinski definition) is 4. The van der Waals surface area contributed by atoms with E-state index in [1.807, 2.05) is 14.1 Å². The standard InChI is InChI=1S/C14H30N4O2S/c1-17(2)10-5-9-16-21(19,20)18-11-4-3-6-14(18)12-15-13-7-8-13/h13-16H,3-12H2,1-2H3. The molecule has 124 valence electrons. The Morgan fingerprint density at radius 1 is 1.19 bits per heavy atom.